The molecule has 2 saturated heterocycles. The number of fused-ring (bicyclic) bond motifs is 1. The first-order valence-corrected chi connectivity index (χ1v) is 8.90. The first-order chi connectivity index (χ1) is 10.8. The first kappa shape index (κ1) is 14.0. The van der Waals surface area contributed by atoms with E-state index in [2.05, 4.69) is 27.0 Å². The quantitative estimate of drug-likeness (QED) is 0.871. The summed E-state index contributed by atoms with van der Waals surface area (Å²) >= 11 is 1.74. The number of aromatic nitrogens is 1. The second kappa shape index (κ2) is 5.89. The van der Waals surface area contributed by atoms with E-state index in [-0.39, 0.29) is 5.91 Å². The Kier molecular flexibility index (Phi) is 3.76. The molecule has 0 N–H and O–H groups in total. The molecule has 2 fully saturated rings. The maximum absolute atomic E-state index is 12.9. The van der Waals surface area contributed by atoms with Crippen LogP contribution in [0.3, 0.4) is 0 Å². The van der Waals surface area contributed by atoms with Crippen LogP contribution in [0, 0.1) is 0 Å². The normalized spacial score (nSPS) is 22.0. The van der Waals surface area contributed by atoms with E-state index in [1.54, 1.807) is 11.3 Å². The van der Waals surface area contributed by atoms with Gasteiger partial charge in [0.1, 0.15) is 5.69 Å². The number of hydrogen-bond acceptors (Lipinski definition) is 3. The third-order valence-electron chi connectivity index (χ3n) is 4.83. The lowest BCUT2D eigenvalue weighted by Crippen LogP contribution is -2.52. The van der Waals surface area contributed by atoms with Crippen molar-refractivity contribution in [2.24, 2.45) is 0 Å². The highest BCUT2D eigenvalue weighted by atomic mass is 32.1. The fourth-order valence-corrected chi connectivity index (χ4v) is 4.36. The van der Waals surface area contributed by atoms with Crippen molar-refractivity contribution in [1.82, 2.24) is 14.4 Å². The van der Waals surface area contributed by atoms with Gasteiger partial charge < -0.3 is 9.47 Å². The third-order valence-corrected chi connectivity index (χ3v) is 5.69. The van der Waals surface area contributed by atoms with Gasteiger partial charge in [-0.15, -0.1) is 11.3 Å². The zero-order valence-electron chi connectivity index (χ0n) is 12.6. The van der Waals surface area contributed by atoms with E-state index < -0.39 is 0 Å². The van der Waals surface area contributed by atoms with Crippen LogP contribution in [0.25, 0.3) is 0 Å². The molecule has 1 amide bonds. The molecule has 4 nitrogen and oxygen atoms in total. The highest BCUT2D eigenvalue weighted by Crippen LogP contribution is 2.23. The lowest BCUT2D eigenvalue weighted by Gasteiger charge is -2.37. The SMILES string of the molecule is O=C(c1cccn1Cc1cccs1)N1CCN2CCCC2C1. The molecule has 0 saturated carbocycles. The minimum absolute atomic E-state index is 0.188. The molecule has 1 atom stereocenters. The van der Waals surface area contributed by atoms with Crippen LogP contribution in [0.1, 0.15) is 28.2 Å². The number of piperazine rings is 1. The highest BCUT2D eigenvalue weighted by molar-refractivity contribution is 7.09. The van der Waals surface area contributed by atoms with Gasteiger partial charge >= 0.3 is 0 Å². The Bertz CT molecular complexity index is 649. The van der Waals surface area contributed by atoms with Gasteiger partial charge in [-0.25, -0.2) is 0 Å². The number of rotatable bonds is 3. The predicted molar refractivity (Wildman–Crippen MR) is 88.4 cm³/mol. The Hall–Kier alpha value is -1.59. The van der Waals surface area contributed by atoms with Crippen LogP contribution >= 0.6 is 11.3 Å². The maximum Gasteiger partial charge on any atom is 0.270 e. The molecule has 2 aromatic rings. The van der Waals surface area contributed by atoms with Gasteiger partial charge in [0.05, 0.1) is 6.54 Å². The lowest BCUT2D eigenvalue weighted by molar-refractivity contribution is 0.0561. The van der Waals surface area contributed by atoms with E-state index >= 15 is 0 Å². The molecule has 116 valence electrons. The zero-order valence-corrected chi connectivity index (χ0v) is 13.5. The molecular formula is C17H21N3OS. The average molecular weight is 315 g/mol. The third kappa shape index (κ3) is 2.59. The molecule has 22 heavy (non-hydrogen) atoms. The molecule has 2 aromatic heterocycles. The van der Waals surface area contributed by atoms with Crippen molar-refractivity contribution in [3.63, 3.8) is 0 Å². The van der Waals surface area contributed by atoms with E-state index in [4.69, 9.17) is 0 Å². The smallest absolute Gasteiger partial charge is 0.270 e. The van der Waals surface area contributed by atoms with E-state index in [9.17, 15) is 4.79 Å². The van der Waals surface area contributed by atoms with Crippen molar-refractivity contribution in [3.05, 3.63) is 46.4 Å². The standard InChI is InChI=1S/C17H21N3OS/c21-17(20-10-9-18-7-1-4-14(18)12-20)16-6-2-8-19(16)13-15-5-3-11-22-15/h2-3,5-6,8,11,14H,1,4,7,9-10,12-13H2. The fourth-order valence-electron chi connectivity index (χ4n) is 3.65. The van der Waals surface area contributed by atoms with E-state index in [0.717, 1.165) is 31.9 Å². The summed E-state index contributed by atoms with van der Waals surface area (Å²) in [7, 11) is 0. The number of nitrogens with zero attached hydrogens (tertiary/aromatic N) is 3. The topological polar surface area (TPSA) is 28.5 Å². The summed E-state index contributed by atoms with van der Waals surface area (Å²) in [5.74, 6) is 0.188. The van der Waals surface area contributed by atoms with Crippen molar-refractivity contribution < 1.29 is 4.79 Å². The minimum atomic E-state index is 0.188. The Morgan fingerprint density at radius 2 is 2.18 bits per heavy atom. The van der Waals surface area contributed by atoms with Crippen LogP contribution in [-0.4, -0.2) is 52.5 Å². The largest absolute Gasteiger partial charge is 0.338 e. The molecule has 1 unspecified atom stereocenters. The van der Waals surface area contributed by atoms with Crippen molar-refractivity contribution in [2.45, 2.75) is 25.4 Å². The second-order valence-corrected chi connectivity index (χ2v) is 7.22. The summed E-state index contributed by atoms with van der Waals surface area (Å²) in [4.78, 5) is 18.8. The average Bonchev–Trinajstić information content (AvgIpc) is 3.27. The summed E-state index contributed by atoms with van der Waals surface area (Å²) in [6, 6.07) is 8.70. The molecular weight excluding hydrogens is 294 g/mol. The van der Waals surface area contributed by atoms with Crippen LogP contribution in [0.2, 0.25) is 0 Å². The van der Waals surface area contributed by atoms with Crippen LogP contribution in [0.5, 0.6) is 0 Å². The zero-order chi connectivity index (χ0) is 14.9. The molecule has 0 aromatic carbocycles. The van der Waals surface area contributed by atoms with Crippen molar-refractivity contribution >= 4 is 17.2 Å². The molecule has 4 heterocycles. The first-order valence-electron chi connectivity index (χ1n) is 8.02. The molecule has 5 heteroatoms. The Morgan fingerprint density at radius 3 is 3.05 bits per heavy atom. The summed E-state index contributed by atoms with van der Waals surface area (Å²) in [6.07, 6.45) is 4.53. The van der Waals surface area contributed by atoms with Crippen molar-refractivity contribution in [2.75, 3.05) is 26.2 Å². The summed E-state index contributed by atoms with van der Waals surface area (Å²) in [5.41, 5.74) is 0.819. The monoisotopic (exact) mass is 315 g/mol. The van der Waals surface area contributed by atoms with E-state index in [0.29, 0.717) is 6.04 Å². The van der Waals surface area contributed by atoms with Gasteiger partial charge in [0, 0.05) is 36.8 Å². The number of carbonyl (C=O) groups is 1. The Morgan fingerprint density at radius 1 is 1.23 bits per heavy atom. The number of carbonyl (C=O) groups excluding carboxylic acids is 1. The number of thiophene rings is 1. The number of amides is 1. The van der Waals surface area contributed by atoms with Gasteiger partial charge in [0.25, 0.3) is 5.91 Å². The molecule has 0 bridgehead atoms. The summed E-state index contributed by atoms with van der Waals surface area (Å²) in [5, 5.41) is 2.08. The Balaban J connectivity index is 1.50. The van der Waals surface area contributed by atoms with Crippen molar-refractivity contribution in [3.8, 4) is 0 Å². The second-order valence-electron chi connectivity index (χ2n) is 6.18. The lowest BCUT2D eigenvalue weighted by atomic mass is 10.1. The van der Waals surface area contributed by atoms with Gasteiger partial charge in [0.15, 0.2) is 0 Å². The molecule has 2 aliphatic rings. The molecule has 0 aliphatic carbocycles. The minimum Gasteiger partial charge on any atom is -0.338 e. The van der Waals surface area contributed by atoms with Gasteiger partial charge in [-0.2, -0.15) is 0 Å². The summed E-state index contributed by atoms with van der Waals surface area (Å²) in [6.45, 7) is 4.78. The molecule has 4 rings (SSSR count). The fraction of sp³-hybridized carbons (Fsp3) is 0.471. The van der Waals surface area contributed by atoms with Gasteiger partial charge in [-0.3, -0.25) is 9.69 Å². The van der Waals surface area contributed by atoms with Crippen molar-refractivity contribution in [1.29, 1.82) is 0 Å². The summed E-state index contributed by atoms with van der Waals surface area (Å²) < 4.78 is 2.08. The Labute approximate surface area is 135 Å². The highest BCUT2D eigenvalue weighted by Gasteiger charge is 2.33. The molecule has 0 spiro atoms. The van der Waals surface area contributed by atoms with Gasteiger partial charge in [-0.05, 0) is 43.0 Å². The van der Waals surface area contributed by atoms with Gasteiger partial charge in [0.2, 0.25) is 0 Å². The molecule has 0 radical (unpaired) electrons. The van der Waals surface area contributed by atoms with Gasteiger partial charge in [-0.1, -0.05) is 6.07 Å². The van der Waals surface area contributed by atoms with Crippen LogP contribution in [0.4, 0.5) is 0 Å². The van der Waals surface area contributed by atoms with Crippen LogP contribution in [0.15, 0.2) is 35.8 Å². The van der Waals surface area contributed by atoms with Crippen LogP contribution < -0.4 is 0 Å². The number of hydrogen-bond donors (Lipinski definition) is 0. The maximum atomic E-state index is 12.9. The van der Waals surface area contributed by atoms with E-state index in [1.165, 1.54) is 24.3 Å². The predicted octanol–water partition coefficient (Wildman–Crippen LogP) is 2.52. The van der Waals surface area contributed by atoms with Crippen LogP contribution in [-0.2, 0) is 6.54 Å². The molecule has 2 aliphatic heterocycles. The van der Waals surface area contributed by atoms with E-state index in [1.807, 2.05) is 23.2 Å².